The fourth-order valence-corrected chi connectivity index (χ4v) is 6.18. The van der Waals surface area contributed by atoms with Gasteiger partial charge in [-0.15, -0.1) is 11.3 Å². The number of fused-ring (bicyclic) bond motifs is 2. The predicted octanol–water partition coefficient (Wildman–Crippen LogP) is 4.52. The van der Waals surface area contributed by atoms with Crippen molar-refractivity contribution >= 4 is 50.1 Å². The Kier molecular flexibility index (Phi) is 7.59. The summed E-state index contributed by atoms with van der Waals surface area (Å²) < 4.78 is 27.4. The van der Waals surface area contributed by atoms with Crippen molar-refractivity contribution < 1.29 is 18.7 Å². The maximum absolute atomic E-state index is 13.6. The number of ether oxygens (including phenoxy) is 2. The van der Waals surface area contributed by atoms with E-state index in [4.69, 9.17) is 9.47 Å². The average molecular weight is 598 g/mol. The lowest BCUT2D eigenvalue weighted by Crippen LogP contribution is -2.42. The maximum Gasteiger partial charge on any atom is 0.410 e. The summed E-state index contributed by atoms with van der Waals surface area (Å²) in [4.78, 5) is 23.9. The smallest absolute Gasteiger partial charge is 0.410 e. The largest absolute Gasteiger partial charge is 0.445 e. The predicted molar refractivity (Wildman–Crippen MR) is 162 cm³/mol. The van der Waals surface area contributed by atoms with E-state index in [0.717, 1.165) is 37.2 Å². The van der Waals surface area contributed by atoms with E-state index in [2.05, 4.69) is 37.5 Å². The summed E-state index contributed by atoms with van der Waals surface area (Å²) in [6.45, 7) is 3.27. The van der Waals surface area contributed by atoms with Crippen LogP contribution in [0.5, 0.6) is 0 Å². The van der Waals surface area contributed by atoms with Crippen molar-refractivity contribution in [2.24, 2.45) is 0 Å². The lowest BCUT2D eigenvalue weighted by Gasteiger charge is -2.27. The SMILES string of the molecule is O=C(O[C@@H]1CN[C@H](C#Cc2cc3ncnc(Nc4ccc5c(cnn5Cc5cccc(F)c5)c4)c3s2)C1)N1CCOCC1. The third-order valence-corrected chi connectivity index (χ3v) is 8.48. The Morgan fingerprint density at radius 1 is 1.19 bits per heavy atom. The van der Waals surface area contributed by atoms with Crippen LogP contribution < -0.4 is 10.6 Å². The monoisotopic (exact) mass is 597 g/mol. The minimum absolute atomic E-state index is 0.0649. The molecule has 43 heavy (non-hydrogen) atoms. The molecule has 0 bridgehead atoms. The molecule has 10 nitrogen and oxygen atoms in total. The van der Waals surface area contributed by atoms with E-state index in [1.165, 1.54) is 29.8 Å². The first kappa shape index (κ1) is 27.3. The number of carbonyl (C=O) groups is 1. The summed E-state index contributed by atoms with van der Waals surface area (Å²) in [7, 11) is 0. The lowest BCUT2D eigenvalue weighted by molar-refractivity contribution is 0.0156. The normalized spacial score (nSPS) is 18.5. The zero-order chi connectivity index (χ0) is 29.2. The van der Waals surface area contributed by atoms with Gasteiger partial charge in [0, 0.05) is 37.1 Å². The molecular weight excluding hydrogens is 569 g/mol. The van der Waals surface area contributed by atoms with Crippen LogP contribution in [0, 0.1) is 17.7 Å². The summed E-state index contributed by atoms with van der Waals surface area (Å²) in [5.74, 6) is 6.98. The van der Waals surface area contributed by atoms with Crippen LogP contribution in [-0.4, -0.2) is 75.7 Å². The van der Waals surface area contributed by atoms with Gasteiger partial charge in [0.1, 0.15) is 18.2 Å². The number of nitrogens with zero attached hydrogens (tertiary/aromatic N) is 5. The summed E-state index contributed by atoms with van der Waals surface area (Å²) in [5.41, 5.74) is 3.48. The van der Waals surface area contributed by atoms with Crippen LogP contribution in [0.25, 0.3) is 21.1 Å². The van der Waals surface area contributed by atoms with Gasteiger partial charge in [-0.3, -0.25) is 10.00 Å². The number of halogens is 1. The number of benzene rings is 2. The molecule has 0 unspecified atom stereocenters. The van der Waals surface area contributed by atoms with Gasteiger partial charge in [0.05, 0.1) is 52.6 Å². The number of aromatic nitrogens is 4. The van der Waals surface area contributed by atoms with Gasteiger partial charge in [-0.1, -0.05) is 24.0 Å². The molecule has 0 aliphatic carbocycles. The average Bonchev–Trinajstić information content (AvgIpc) is 3.75. The first-order valence-corrected chi connectivity index (χ1v) is 14.9. The van der Waals surface area contributed by atoms with Gasteiger partial charge >= 0.3 is 6.09 Å². The second-order valence-electron chi connectivity index (χ2n) is 10.4. The maximum atomic E-state index is 13.6. The molecule has 1 amide bonds. The second kappa shape index (κ2) is 12.0. The van der Waals surface area contributed by atoms with E-state index in [1.807, 2.05) is 35.0 Å². The first-order chi connectivity index (χ1) is 21.1. The van der Waals surface area contributed by atoms with Crippen molar-refractivity contribution in [1.82, 2.24) is 30.0 Å². The van der Waals surface area contributed by atoms with Gasteiger partial charge in [0.25, 0.3) is 0 Å². The molecule has 5 aromatic rings. The third kappa shape index (κ3) is 6.15. The van der Waals surface area contributed by atoms with Crippen LogP contribution in [0.15, 0.2) is 61.1 Å². The fraction of sp³-hybridized carbons (Fsp3) is 0.290. The zero-order valence-electron chi connectivity index (χ0n) is 23.1. The molecule has 218 valence electrons. The molecule has 7 rings (SSSR count). The summed E-state index contributed by atoms with van der Waals surface area (Å²) in [6, 6.07) is 14.4. The molecule has 0 spiro atoms. The Bertz CT molecular complexity index is 1860. The van der Waals surface area contributed by atoms with Crippen molar-refractivity contribution in [3.05, 3.63) is 77.3 Å². The van der Waals surface area contributed by atoms with Crippen molar-refractivity contribution in [2.75, 3.05) is 38.2 Å². The standard InChI is InChI=1S/C31H28FN7O3S/c32-22-3-1-2-20(12-22)18-39-28-7-5-24(13-21(28)16-36-39)37-30-29-27(34-19-35-30)15-26(43-29)6-4-23-14-25(17-33-23)42-31(40)38-8-10-41-11-9-38/h1-3,5,7,12-13,15-16,19,23,25,33H,8-11,14,17-18H2,(H,34,35,37)/t23-,25+/m1/s1. The van der Waals surface area contributed by atoms with E-state index >= 15 is 0 Å². The molecule has 2 saturated heterocycles. The molecule has 2 N–H and O–H groups in total. The number of carbonyl (C=O) groups excluding carboxylic acids is 1. The van der Waals surface area contributed by atoms with Crippen LogP contribution >= 0.6 is 11.3 Å². The van der Waals surface area contributed by atoms with Crippen LogP contribution in [-0.2, 0) is 16.0 Å². The number of hydrogen-bond acceptors (Lipinski definition) is 9. The Morgan fingerprint density at radius 2 is 2.09 bits per heavy atom. The Balaban J connectivity index is 1.02. The highest BCUT2D eigenvalue weighted by Crippen LogP contribution is 2.31. The highest BCUT2D eigenvalue weighted by atomic mass is 32.1. The van der Waals surface area contributed by atoms with E-state index in [-0.39, 0.29) is 24.1 Å². The summed E-state index contributed by atoms with van der Waals surface area (Å²) in [6.07, 6.45) is 3.49. The van der Waals surface area contributed by atoms with Gasteiger partial charge in [0.15, 0.2) is 5.82 Å². The molecule has 2 aliphatic rings. The van der Waals surface area contributed by atoms with Gasteiger partial charge in [0.2, 0.25) is 0 Å². The molecule has 5 heterocycles. The van der Waals surface area contributed by atoms with Gasteiger partial charge < -0.3 is 19.7 Å². The molecule has 0 saturated carbocycles. The number of thiophene rings is 1. The summed E-state index contributed by atoms with van der Waals surface area (Å²) >= 11 is 1.53. The van der Waals surface area contributed by atoms with E-state index in [9.17, 15) is 9.18 Å². The van der Waals surface area contributed by atoms with Crippen molar-refractivity contribution in [3.63, 3.8) is 0 Å². The quantitative estimate of drug-likeness (QED) is 0.285. The molecule has 0 radical (unpaired) electrons. The van der Waals surface area contributed by atoms with E-state index in [1.54, 1.807) is 17.2 Å². The second-order valence-corrected chi connectivity index (χ2v) is 11.5. The van der Waals surface area contributed by atoms with Gasteiger partial charge in [-0.05, 0) is 42.0 Å². The lowest BCUT2D eigenvalue weighted by atomic mass is 10.2. The number of amides is 1. The minimum atomic E-state index is -0.288. The van der Waals surface area contributed by atoms with Crippen LogP contribution in [0.1, 0.15) is 16.9 Å². The van der Waals surface area contributed by atoms with Gasteiger partial charge in [-0.25, -0.2) is 19.2 Å². The molecule has 2 aromatic carbocycles. The van der Waals surface area contributed by atoms with Crippen LogP contribution in [0.2, 0.25) is 0 Å². The number of morpholine rings is 1. The molecule has 2 aliphatic heterocycles. The Morgan fingerprint density at radius 3 is 2.98 bits per heavy atom. The number of hydrogen-bond donors (Lipinski definition) is 2. The van der Waals surface area contributed by atoms with Crippen LogP contribution in [0.3, 0.4) is 0 Å². The third-order valence-electron chi connectivity index (χ3n) is 7.43. The Hall–Kier alpha value is -4.57. The number of anilines is 2. The Labute approximate surface area is 250 Å². The van der Waals surface area contributed by atoms with Crippen molar-refractivity contribution in [3.8, 4) is 11.8 Å². The highest BCUT2D eigenvalue weighted by Gasteiger charge is 2.28. The van der Waals surface area contributed by atoms with E-state index < -0.39 is 0 Å². The minimum Gasteiger partial charge on any atom is -0.445 e. The molecule has 12 heteroatoms. The van der Waals surface area contributed by atoms with Crippen molar-refractivity contribution in [2.45, 2.75) is 25.1 Å². The number of rotatable bonds is 5. The van der Waals surface area contributed by atoms with E-state index in [0.29, 0.717) is 51.6 Å². The summed E-state index contributed by atoms with van der Waals surface area (Å²) in [5, 5.41) is 12.2. The zero-order valence-corrected chi connectivity index (χ0v) is 23.9. The van der Waals surface area contributed by atoms with Crippen molar-refractivity contribution in [1.29, 1.82) is 0 Å². The first-order valence-electron chi connectivity index (χ1n) is 14.1. The fourth-order valence-electron chi connectivity index (χ4n) is 5.27. The molecule has 2 atom stereocenters. The molecule has 2 fully saturated rings. The molecular formula is C31H28FN7O3S. The van der Waals surface area contributed by atoms with Gasteiger partial charge in [-0.2, -0.15) is 5.10 Å². The highest BCUT2D eigenvalue weighted by molar-refractivity contribution is 7.20. The van der Waals surface area contributed by atoms with Crippen LogP contribution in [0.4, 0.5) is 20.7 Å². The number of nitrogens with one attached hydrogen (secondary N) is 2. The topological polar surface area (TPSA) is 106 Å². The molecule has 3 aromatic heterocycles.